The highest BCUT2D eigenvalue weighted by Crippen LogP contribution is 2.25. The van der Waals surface area contributed by atoms with Gasteiger partial charge in [-0.25, -0.2) is 4.98 Å². The molecule has 0 aliphatic heterocycles. The van der Waals surface area contributed by atoms with E-state index in [2.05, 4.69) is 25.9 Å². The monoisotopic (exact) mass is 348 g/mol. The van der Waals surface area contributed by atoms with Crippen LogP contribution in [0.3, 0.4) is 0 Å². The number of phenolic OH excluding ortho intramolecular Hbond substituents is 1. The van der Waals surface area contributed by atoms with E-state index in [1.807, 2.05) is 24.3 Å². The SMILES string of the molecule is Oc1cccc(/C=C(\Cl)c2nc3ccc(Br)cc3[nH]2)c1. The number of hydrogen-bond donors (Lipinski definition) is 2. The molecule has 0 saturated heterocycles. The lowest BCUT2D eigenvalue weighted by molar-refractivity contribution is 0.475. The molecule has 0 spiro atoms. The normalized spacial score (nSPS) is 12.0. The maximum Gasteiger partial charge on any atom is 0.150 e. The Balaban J connectivity index is 2.01. The average Bonchev–Trinajstić information content (AvgIpc) is 2.81. The minimum Gasteiger partial charge on any atom is -0.508 e. The van der Waals surface area contributed by atoms with Crippen molar-refractivity contribution in [2.45, 2.75) is 0 Å². The first-order valence-corrected chi connectivity index (χ1v) is 7.11. The van der Waals surface area contributed by atoms with E-state index in [1.54, 1.807) is 24.3 Å². The van der Waals surface area contributed by atoms with E-state index in [-0.39, 0.29) is 5.75 Å². The lowest BCUT2D eigenvalue weighted by atomic mass is 10.2. The molecule has 0 bridgehead atoms. The zero-order valence-corrected chi connectivity index (χ0v) is 12.6. The van der Waals surface area contributed by atoms with Gasteiger partial charge in [-0.05, 0) is 42.0 Å². The number of nitrogens with zero attached hydrogens (tertiary/aromatic N) is 1. The number of nitrogens with one attached hydrogen (secondary N) is 1. The average molecular weight is 350 g/mol. The second-order valence-electron chi connectivity index (χ2n) is 4.33. The number of hydrogen-bond acceptors (Lipinski definition) is 2. The minimum atomic E-state index is 0.205. The van der Waals surface area contributed by atoms with E-state index in [1.165, 1.54) is 0 Å². The van der Waals surface area contributed by atoms with Crippen LogP contribution in [-0.2, 0) is 0 Å². The number of fused-ring (bicyclic) bond motifs is 1. The van der Waals surface area contributed by atoms with E-state index in [9.17, 15) is 5.11 Å². The summed E-state index contributed by atoms with van der Waals surface area (Å²) in [5.74, 6) is 0.805. The quantitative estimate of drug-likeness (QED) is 0.700. The Morgan fingerprint density at radius 2 is 2.10 bits per heavy atom. The van der Waals surface area contributed by atoms with Crippen LogP contribution >= 0.6 is 27.5 Å². The Hall–Kier alpha value is -1.78. The van der Waals surface area contributed by atoms with Crippen LogP contribution in [0.5, 0.6) is 5.75 Å². The third kappa shape index (κ3) is 2.71. The number of aromatic amines is 1. The van der Waals surface area contributed by atoms with Crippen molar-refractivity contribution in [2.75, 3.05) is 0 Å². The zero-order chi connectivity index (χ0) is 14.1. The Morgan fingerprint density at radius 3 is 2.90 bits per heavy atom. The smallest absolute Gasteiger partial charge is 0.150 e. The predicted octanol–water partition coefficient (Wildman–Crippen LogP) is 4.77. The molecule has 0 saturated carbocycles. The lowest BCUT2D eigenvalue weighted by Crippen LogP contribution is -1.80. The fourth-order valence-corrected chi connectivity index (χ4v) is 2.50. The molecular weight excluding hydrogens is 340 g/mol. The molecule has 2 aromatic carbocycles. The molecule has 0 amide bonds. The largest absolute Gasteiger partial charge is 0.508 e. The summed E-state index contributed by atoms with van der Waals surface area (Å²) in [4.78, 5) is 7.60. The van der Waals surface area contributed by atoms with Gasteiger partial charge in [0.05, 0.1) is 16.1 Å². The van der Waals surface area contributed by atoms with Crippen molar-refractivity contribution in [2.24, 2.45) is 0 Å². The summed E-state index contributed by atoms with van der Waals surface area (Å²) in [7, 11) is 0. The lowest BCUT2D eigenvalue weighted by Gasteiger charge is -1.97. The van der Waals surface area contributed by atoms with Crippen molar-refractivity contribution in [3.63, 3.8) is 0 Å². The number of aromatic nitrogens is 2. The Bertz CT molecular complexity index is 810. The van der Waals surface area contributed by atoms with Crippen molar-refractivity contribution in [1.82, 2.24) is 9.97 Å². The van der Waals surface area contributed by atoms with E-state index in [0.717, 1.165) is 21.1 Å². The number of phenols is 1. The maximum absolute atomic E-state index is 9.44. The first kappa shape index (κ1) is 13.2. The molecule has 100 valence electrons. The van der Waals surface area contributed by atoms with Gasteiger partial charge in [0.15, 0.2) is 0 Å². The number of rotatable bonds is 2. The number of H-pyrrole nitrogens is 1. The van der Waals surface area contributed by atoms with Gasteiger partial charge in [0.1, 0.15) is 11.6 Å². The van der Waals surface area contributed by atoms with Crippen molar-refractivity contribution < 1.29 is 5.11 Å². The summed E-state index contributed by atoms with van der Waals surface area (Å²) in [5.41, 5.74) is 2.58. The van der Waals surface area contributed by atoms with Gasteiger partial charge in [-0.15, -0.1) is 0 Å². The predicted molar refractivity (Wildman–Crippen MR) is 85.6 cm³/mol. The summed E-state index contributed by atoms with van der Waals surface area (Å²) < 4.78 is 0.980. The van der Waals surface area contributed by atoms with Crippen LogP contribution in [0, 0.1) is 0 Å². The first-order chi connectivity index (χ1) is 9.61. The molecule has 0 aliphatic rings. The summed E-state index contributed by atoms with van der Waals surface area (Å²) in [6.45, 7) is 0. The van der Waals surface area contributed by atoms with E-state index >= 15 is 0 Å². The van der Waals surface area contributed by atoms with E-state index < -0.39 is 0 Å². The highest BCUT2D eigenvalue weighted by molar-refractivity contribution is 9.10. The van der Waals surface area contributed by atoms with Gasteiger partial charge >= 0.3 is 0 Å². The van der Waals surface area contributed by atoms with Gasteiger partial charge < -0.3 is 10.1 Å². The second kappa shape index (κ2) is 5.31. The van der Waals surface area contributed by atoms with Crippen LogP contribution in [0.1, 0.15) is 11.4 Å². The highest BCUT2D eigenvalue weighted by atomic mass is 79.9. The van der Waals surface area contributed by atoms with Crippen molar-refractivity contribution in [1.29, 1.82) is 0 Å². The third-order valence-electron chi connectivity index (χ3n) is 2.83. The molecule has 3 aromatic rings. The highest BCUT2D eigenvalue weighted by Gasteiger charge is 2.06. The molecule has 0 aliphatic carbocycles. The van der Waals surface area contributed by atoms with Gasteiger partial charge in [0, 0.05) is 4.47 Å². The maximum atomic E-state index is 9.44. The van der Waals surface area contributed by atoms with Gasteiger partial charge in [-0.1, -0.05) is 39.7 Å². The Kier molecular flexibility index (Phi) is 3.51. The number of aromatic hydroxyl groups is 1. The molecule has 1 aromatic heterocycles. The van der Waals surface area contributed by atoms with E-state index in [0.29, 0.717) is 10.9 Å². The minimum absolute atomic E-state index is 0.205. The van der Waals surface area contributed by atoms with Crippen LogP contribution in [0.4, 0.5) is 0 Å². The van der Waals surface area contributed by atoms with Gasteiger partial charge in [-0.2, -0.15) is 0 Å². The third-order valence-corrected chi connectivity index (χ3v) is 3.62. The second-order valence-corrected chi connectivity index (χ2v) is 5.66. The molecule has 1 heterocycles. The Morgan fingerprint density at radius 1 is 1.25 bits per heavy atom. The fourth-order valence-electron chi connectivity index (χ4n) is 1.92. The molecule has 5 heteroatoms. The van der Waals surface area contributed by atoms with Gasteiger partial charge in [0.25, 0.3) is 0 Å². The topological polar surface area (TPSA) is 48.9 Å². The molecule has 0 atom stereocenters. The standard InChI is InChI=1S/C15H10BrClN2O/c16-10-4-5-13-14(8-10)19-15(18-13)12(17)7-9-2-1-3-11(20)6-9/h1-8,20H,(H,18,19)/b12-7-. The molecule has 20 heavy (non-hydrogen) atoms. The molecular formula is C15H10BrClN2O. The van der Waals surface area contributed by atoms with Crippen molar-refractivity contribution >= 4 is 49.7 Å². The molecule has 0 fully saturated rings. The van der Waals surface area contributed by atoms with Crippen molar-refractivity contribution in [3.8, 4) is 5.75 Å². The summed E-state index contributed by atoms with van der Waals surface area (Å²) in [5, 5.41) is 9.93. The molecule has 2 N–H and O–H groups in total. The van der Waals surface area contributed by atoms with Crippen LogP contribution < -0.4 is 0 Å². The Labute approximate surface area is 129 Å². The first-order valence-electron chi connectivity index (χ1n) is 5.94. The van der Waals surface area contributed by atoms with Crippen LogP contribution in [0.2, 0.25) is 0 Å². The van der Waals surface area contributed by atoms with Gasteiger partial charge in [0.2, 0.25) is 0 Å². The summed E-state index contributed by atoms with van der Waals surface area (Å²) in [6, 6.07) is 12.7. The fraction of sp³-hybridized carbons (Fsp3) is 0. The molecule has 0 radical (unpaired) electrons. The van der Waals surface area contributed by atoms with E-state index in [4.69, 9.17) is 11.6 Å². The molecule has 0 unspecified atom stereocenters. The van der Waals surface area contributed by atoms with Crippen LogP contribution in [0.15, 0.2) is 46.9 Å². The summed E-state index contributed by atoms with van der Waals surface area (Å²) >= 11 is 9.70. The number of imidazole rings is 1. The van der Waals surface area contributed by atoms with Gasteiger partial charge in [-0.3, -0.25) is 0 Å². The van der Waals surface area contributed by atoms with Crippen LogP contribution in [0.25, 0.3) is 22.1 Å². The molecule has 3 nitrogen and oxygen atoms in total. The van der Waals surface area contributed by atoms with Crippen molar-refractivity contribution in [3.05, 3.63) is 58.3 Å². The summed E-state index contributed by atoms with van der Waals surface area (Å²) in [6.07, 6.45) is 1.76. The number of benzene rings is 2. The zero-order valence-electron chi connectivity index (χ0n) is 10.3. The van der Waals surface area contributed by atoms with Crippen LogP contribution in [-0.4, -0.2) is 15.1 Å². The molecule has 3 rings (SSSR count). The number of halogens is 2.